The van der Waals surface area contributed by atoms with Crippen LogP contribution < -0.4 is 19.7 Å². The van der Waals surface area contributed by atoms with E-state index in [9.17, 15) is 24.6 Å². The Morgan fingerprint density at radius 1 is 0.884 bits per heavy atom. The smallest absolute Gasteiger partial charge is 0.410 e. The zero-order chi connectivity index (χ0) is 66.4. The molecule has 1 unspecified atom stereocenters. The number of aliphatic hydroxyl groups is 2. The van der Waals surface area contributed by atoms with Crippen molar-refractivity contribution in [3.8, 4) is 45.4 Å². The summed E-state index contributed by atoms with van der Waals surface area (Å²) in [5.41, 5.74) is 7.77. The van der Waals surface area contributed by atoms with Crippen LogP contribution in [-0.2, 0) is 37.0 Å². The van der Waals surface area contributed by atoms with Crippen molar-refractivity contribution in [1.82, 2.24) is 59.6 Å². The average molecular weight is 1300 g/mol. The van der Waals surface area contributed by atoms with Crippen LogP contribution in [0, 0.1) is 18.7 Å². The Balaban J connectivity index is 0.813. The number of ether oxygens (including phenoxy) is 5. The van der Waals surface area contributed by atoms with Crippen molar-refractivity contribution in [3.63, 3.8) is 0 Å². The summed E-state index contributed by atoms with van der Waals surface area (Å²) in [5.74, 6) is -0.446. The van der Waals surface area contributed by atoms with Gasteiger partial charge in [0.25, 0.3) is 0 Å². The number of hydrogen-bond acceptors (Lipinski definition) is 17. The summed E-state index contributed by atoms with van der Waals surface area (Å²) in [4.78, 5) is 58.1. The maximum Gasteiger partial charge on any atom is 0.410 e. The molecule has 0 bridgehead atoms. The van der Waals surface area contributed by atoms with Gasteiger partial charge in [0.15, 0.2) is 12.0 Å². The molecule has 1 saturated carbocycles. The van der Waals surface area contributed by atoms with Gasteiger partial charge in [0, 0.05) is 98.6 Å². The third kappa shape index (κ3) is 13.6. The van der Waals surface area contributed by atoms with E-state index >= 15 is 4.39 Å². The average Bonchev–Trinajstić information content (AvgIpc) is 1.71. The minimum Gasteiger partial charge on any atom is -0.486 e. The number of aromatic nitrogens is 9. The van der Waals surface area contributed by atoms with E-state index in [1.54, 1.807) is 30.3 Å². The summed E-state index contributed by atoms with van der Waals surface area (Å²) in [6, 6.07) is 18.2. The molecule has 0 radical (unpaired) electrons. The van der Waals surface area contributed by atoms with Crippen LogP contribution >= 0.6 is 0 Å². The van der Waals surface area contributed by atoms with Crippen LogP contribution in [0.1, 0.15) is 146 Å². The number of nitrogens with one attached hydrogen (secondary N) is 1. The van der Waals surface area contributed by atoms with Gasteiger partial charge in [-0.3, -0.25) is 14.3 Å². The fourth-order valence-electron chi connectivity index (χ4n) is 13.9. The number of anilines is 1. The third-order valence-electron chi connectivity index (χ3n) is 19.2. The molecule has 3 amide bonds. The molecule has 7 atom stereocenters. The first-order valence-electron chi connectivity index (χ1n) is 33.6. The molecule has 4 aliphatic heterocycles. The van der Waals surface area contributed by atoms with Crippen molar-refractivity contribution >= 4 is 45.5 Å². The molecular weight excluding hydrogens is 1210 g/mol. The first-order chi connectivity index (χ1) is 45.8. The maximum atomic E-state index is 17.0. The van der Waals surface area contributed by atoms with Crippen LogP contribution in [0.15, 0.2) is 85.3 Å². The monoisotopic (exact) mass is 1300 g/mol. The molecule has 4 saturated heterocycles. The normalized spacial score (nSPS) is 20.7. The Hall–Kier alpha value is -8.58. The fraction of sp³-hybridized carbons (Fsp3) is 0.507. The highest BCUT2D eigenvalue weighted by Crippen LogP contribution is 2.54. The second-order valence-electron chi connectivity index (χ2n) is 27.3. The largest absolute Gasteiger partial charge is 0.486 e. The highest BCUT2D eigenvalue weighted by Gasteiger charge is 2.44. The molecule has 3 N–H and O–H groups in total. The lowest BCUT2D eigenvalue weighted by molar-refractivity contribution is -0.142. The summed E-state index contributed by atoms with van der Waals surface area (Å²) in [5, 5.41) is 44.3. The Bertz CT molecular complexity index is 4090. The van der Waals surface area contributed by atoms with Crippen LogP contribution in [0.25, 0.3) is 55.4 Å². The number of fused-ring (bicyclic) bond motifs is 2. The number of carbonyl (C=O) groups is 3. The van der Waals surface area contributed by atoms with Crippen LogP contribution in [0.5, 0.6) is 11.8 Å². The SMILES string of the molecule is CCn1nccc1-c1ccc([C@H](CO)NC(=O)[C@@H]2C[C@@H](O)CN2C(=O)[C@H](C(C)C)n2cc(-c3ccc(COc4c(-c5c(C)c(F)cc6c5cnn6C5CCCCO5)c(C5CC5)cc5c(N(C)[C@H]6CCN(C(=O)OC(C)(C)C)C6)nc(OC[C@H]6CCCO6)nc45)cc3)nn2)cc1. The predicted molar refractivity (Wildman–Crippen MR) is 354 cm³/mol. The van der Waals surface area contributed by atoms with Gasteiger partial charge in [-0.1, -0.05) is 67.6 Å². The minimum absolute atomic E-state index is 0.0225. The number of nitrogens with zero attached hydrogens (tertiary/aromatic N) is 12. The molecule has 24 heteroatoms. The van der Waals surface area contributed by atoms with Gasteiger partial charge in [-0.25, -0.2) is 18.5 Å². The Morgan fingerprint density at radius 3 is 2.37 bits per heavy atom. The molecule has 8 heterocycles. The summed E-state index contributed by atoms with van der Waals surface area (Å²) in [6.07, 6.45) is 10.4. The minimum atomic E-state index is -1.01. The van der Waals surface area contributed by atoms with Gasteiger partial charge in [0.05, 0.1) is 48.5 Å². The lowest BCUT2D eigenvalue weighted by Gasteiger charge is -2.30. The Labute approximate surface area is 551 Å². The molecule has 5 fully saturated rings. The summed E-state index contributed by atoms with van der Waals surface area (Å²) in [6.45, 7) is 15.9. The van der Waals surface area contributed by atoms with Gasteiger partial charge in [-0.2, -0.15) is 20.2 Å². The van der Waals surface area contributed by atoms with Crippen LogP contribution in [0.4, 0.5) is 15.0 Å². The first kappa shape index (κ1) is 65.1. The van der Waals surface area contributed by atoms with Gasteiger partial charge < -0.3 is 53.9 Å². The molecule has 13 rings (SSSR count). The summed E-state index contributed by atoms with van der Waals surface area (Å²) >= 11 is 0. The van der Waals surface area contributed by atoms with E-state index in [-0.39, 0.29) is 80.9 Å². The first-order valence-corrected chi connectivity index (χ1v) is 33.6. The number of carbonyl (C=O) groups excluding carboxylic acids is 3. The molecule has 23 nitrogen and oxygen atoms in total. The van der Waals surface area contributed by atoms with Gasteiger partial charge in [0.1, 0.15) is 53.7 Å². The van der Waals surface area contributed by atoms with E-state index in [0.29, 0.717) is 101 Å². The van der Waals surface area contributed by atoms with Crippen molar-refractivity contribution < 1.29 is 52.7 Å². The maximum absolute atomic E-state index is 17.0. The number of likely N-dealkylation sites (N-methyl/N-ethyl adjacent to an activating group) is 1. The Morgan fingerprint density at radius 2 is 1.66 bits per heavy atom. The molecule has 4 aromatic heterocycles. The summed E-state index contributed by atoms with van der Waals surface area (Å²) in [7, 11) is 1.99. The van der Waals surface area contributed by atoms with Gasteiger partial charge in [-0.05, 0) is 138 Å². The number of benzene rings is 4. The molecule has 5 aliphatic rings. The van der Waals surface area contributed by atoms with Gasteiger partial charge in [0.2, 0.25) is 11.8 Å². The van der Waals surface area contributed by atoms with Crippen LogP contribution in [-0.4, -0.2) is 165 Å². The van der Waals surface area contributed by atoms with E-state index < -0.39 is 41.6 Å². The number of β-amino-alcohol motifs (C(OH)–C–C–N with tert-alkyl or cyclic N) is 1. The number of rotatable bonds is 21. The molecular formula is C71H86FN13O10. The topological polar surface area (TPSA) is 252 Å². The Kier molecular flexibility index (Phi) is 18.7. The third-order valence-corrected chi connectivity index (χ3v) is 19.2. The van der Waals surface area contributed by atoms with Crippen LogP contribution in [0.3, 0.4) is 0 Å². The standard InChI is InChI=1S/C71H86FN13O10/c1-9-83-57(25-27-73-83)47-23-21-46(22-24-47)56(38-86)75-67(88)59-31-49(87)36-82(59)68(89)64(41(2)3)84-37-55(78-79-84)45-17-15-43(16-18-45)39-93-65-62(61-42(4)54(72)33-58-53(61)34-74-85(58)60-14-10-11-29-92-60)51(44-19-20-44)32-52-63(65)76-69(94-40-50-13-12-30-91-50)77-66(52)80(8)48-26-28-81(35-48)70(90)95-71(5,6)7/h15-18,21-25,27,32-34,37,41,44,48-50,56,59-60,64,86-87H,9-14,19-20,26,28-31,35-36,38-40H2,1-8H3,(H,75,88)/t48-,49+,50+,56-,59-,60?,64-/m0/s1. The van der Waals surface area contributed by atoms with Crippen molar-refractivity contribution in [2.45, 2.75) is 174 Å². The van der Waals surface area contributed by atoms with Crippen molar-refractivity contribution in [2.75, 3.05) is 58.0 Å². The number of aryl methyl sites for hydroxylation is 1. The number of halogens is 1. The second kappa shape index (κ2) is 27.3. The number of amides is 3. The number of aliphatic hydroxyl groups excluding tert-OH is 2. The van der Waals surface area contributed by atoms with Crippen molar-refractivity contribution in [2.24, 2.45) is 5.92 Å². The summed E-state index contributed by atoms with van der Waals surface area (Å²) < 4.78 is 54.1. The van der Waals surface area contributed by atoms with E-state index in [2.05, 4.69) is 31.7 Å². The quantitative estimate of drug-likeness (QED) is 0.0605. The lowest BCUT2D eigenvalue weighted by atomic mass is 9.88. The van der Waals surface area contributed by atoms with Gasteiger partial charge >= 0.3 is 12.1 Å². The molecule has 95 heavy (non-hydrogen) atoms. The molecule has 0 spiro atoms. The molecule has 1 aliphatic carbocycles. The molecule has 502 valence electrons. The zero-order valence-corrected chi connectivity index (χ0v) is 55.4. The van der Waals surface area contributed by atoms with E-state index in [1.807, 2.05) is 119 Å². The predicted octanol–water partition coefficient (Wildman–Crippen LogP) is 10.4. The fourth-order valence-corrected chi connectivity index (χ4v) is 13.9. The highest BCUT2D eigenvalue weighted by molar-refractivity contribution is 6.06. The van der Waals surface area contributed by atoms with E-state index in [4.69, 9.17) is 38.8 Å². The van der Waals surface area contributed by atoms with Crippen LogP contribution in [0.2, 0.25) is 0 Å². The number of hydrogen-bond donors (Lipinski definition) is 3. The molecule has 8 aromatic rings. The van der Waals surface area contributed by atoms with Crippen molar-refractivity contribution in [1.29, 1.82) is 0 Å². The lowest BCUT2D eigenvalue weighted by Crippen LogP contribution is -2.50. The van der Waals surface area contributed by atoms with E-state index in [0.717, 1.165) is 72.7 Å². The van der Waals surface area contributed by atoms with E-state index in [1.165, 1.54) is 9.58 Å². The molecule has 4 aromatic carbocycles. The second-order valence-corrected chi connectivity index (χ2v) is 27.3. The highest BCUT2D eigenvalue weighted by atomic mass is 19.1. The zero-order valence-electron chi connectivity index (χ0n) is 55.4. The van der Waals surface area contributed by atoms with Gasteiger partial charge in [-0.15, -0.1) is 5.10 Å². The number of likely N-dealkylation sites (tertiary alicyclic amines) is 2. The van der Waals surface area contributed by atoms with Crippen molar-refractivity contribution in [3.05, 3.63) is 113 Å².